The molecule has 20 heavy (non-hydrogen) atoms. The zero-order valence-corrected chi connectivity index (χ0v) is 14.2. The molecule has 5 heteroatoms. The molecule has 1 aliphatic rings. The molecule has 0 bridgehead atoms. The lowest BCUT2D eigenvalue weighted by Gasteiger charge is -2.11. The number of hydrogen-bond donors (Lipinski definition) is 2. The zero-order chi connectivity index (χ0) is 13.5. The third-order valence-corrected chi connectivity index (χ3v) is 3.38. The molecular formula is C15H23FIN3. The largest absolute Gasteiger partial charge is 0.356 e. The molecule has 1 aliphatic carbocycles. The van der Waals surface area contributed by atoms with Crippen LogP contribution in [0.2, 0.25) is 0 Å². The van der Waals surface area contributed by atoms with Crippen LogP contribution in [0.3, 0.4) is 0 Å². The Kier molecular flexibility index (Phi) is 7.87. The Hall–Kier alpha value is -0.850. The molecule has 2 N–H and O–H groups in total. The highest BCUT2D eigenvalue weighted by Crippen LogP contribution is 2.33. The topological polar surface area (TPSA) is 36.4 Å². The lowest BCUT2D eigenvalue weighted by atomic mass is 10.2. The Balaban J connectivity index is 0.00000200. The Morgan fingerprint density at radius 3 is 2.55 bits per heavy atom. The highest BCUT2D eigenvalue weighted by molar-refractivity contribution is 14.0. The summed E-state index contributed by atoms with van der Waals surface area (Å²) in [6.07, 6.45) is 5.35. The fourth-order valence-corrected chi connectivity index (χ4v) is 2.01. The third kappa shape index (κ3) is 6.54. The van der Waals surface area contributed by atoms with E-state index in [2.05, 4.69) is 15.6 Å². The number of rotatable bonds is 6. The minimum absolute atomic E-state index is 0. The maximum Gasteiger partial charge on any atom is 0.191 e. The molecule has 0 unspecified atom stereocenters. The van der Waals surface area contributed by atoms with Crippen LogP contribution in [0.25, 0.3) is 0 Å². The quantitative estimate of drug-likeness (QED) is 0.338. The first kappa shape index (κ1) is 17.2. The van der Waals surface area contributed by atoms with E-state index in [0.29, 0.717) is 6.54 Å². The van der Waals surface area contributed by atoms with E-state index in [-0.39, 0.29) is 29.8 Å². The van der Waals surface area contributed by atoms with Crippen molar-refractivity contribution in [3.05, 3.63) is 35.6 Å². The highest BCUT2D eigenvalue weighted by Gasteiger charge is 2.19. The molecule has 3 nitrogen and oxygen atoms in total. The fraction of sp³-hybridized carbons (Fsp3) is 0.533. The standard InChI is InChI=1S/C15H22FN3.HI/c1-17-15(18-10-2-3-12-4-5-12)19-11-13-6-8-14(16)9-7-13;/h6-9,12H,2-5,10-11H2,1H3,(H2,17,18,19);1H. The smallest absolute Gasteiger partial charge is 0.191 e. The second-order valence-electron chi connectivity index (χ2n) is 5.06. The van der Waals surface area contributed by atoms with Crippen molar-refractivity contribution in [2.24, 2.45) is 10.9 Å². The van der Waals surface area contributed by atoms with Crippen LogP contribution >= 0.6 is 24.0 Å². The van der Waals surface area contributed by atoms with Gasteiger partial charge in [0.25, 0.3) is 0 Å². The van der Waals surface area contributed by atoms with Crippen molar-refractivity contribution >= 4 is 29.9 Å². The first-order chi connectivity index (χ1) is 9.28. The van der Waals surface area contributed by atoms with Gasteiger partial charge in [0.05, 0.1) is 0 Å². The fourth-order valence-electron chi connectivity index (χ4n) is 2.01. The number of nitrogens with zero attached hydrogens (tertiary/aromatic N) is 1. The van der Waals surface area contributed by atoms with Gasteiger partial charge in [-0.3, -0.25) is 4.99 Å². The van der Waals surface area contributed by atoms with Gasteiger partial charge >= 0.3 is 0 Å². The Morgan fingerprint density at radius 2 is 1.95 bits per heavy atom. The summed E-state index contributed by atoms with van der Waals surface area (Å²) in [6.45, 7) is 1.61. The SMILES string of the molecule is CN=C(NCCCC1CC1)NCc1ccc(F)cc1.I. The molecule has 1 aromatic rings. The maximum atomic E-state index is 12.8. The lowest BCUT2D eigenvalue weighted by Crippen LogP contribution is -2.37. The number of halogens is 2. The summed E-state index contributed by atoms with van der Waals surface area (Å²) in [4.78, 5) is 4.17. The molecule has 0 amide bonds. The summed E-state index contributed by atoms with van der Waals surface area (Å²) in [5.41, 5.74) is 1.04. The summed E-state index contributed by atoms with van der Waals surface area (Å²) in [5, 5.41) is 6.52. The van der Waals surface area contributed by atoms with Crippen LogP contribution in [0.5, 0.6) is 0 Å². The monoisotopic (exact) mass is 391 g/mol. The average Bonchev–Trinajstić information content (AvgIpc) is 3.24. The van der Waals surface area contributed by atoms with Crippen LogP contribution in [-0.4, -0.2) is 19.6 Å². The van der Waals surface area contributed by atoms with Gasteiger partial charge in [0.1, 0.15) is 5.82 Å². The molecule has 0 atom stereocenters. The molecule has 1 fully saturated rings. The Morgan fingerprint density at radius 1 is 1.25 bits per heavy atom. The minimum atomic E-state index is -0.202. The van der Waals surface area contributed by atoms with Gasteiger partial charge in [-0.1, -0.05) is 25.0 Å². The van der Waals surface area contributed by atoms with E-state index in [9.17, 15) is 4.39 Å². The number of aliphatic imine (C=N–C) groups is 1. The molecular weight excluding hydrogens is 368 g/mol. The molecule has 0 heterocycles. The van der Waals surface area contributed by atoms with Crippen LogP contribution in [0.15, 0.2) is 29.3 Å². The van der Waals surface area contributed by atoms with Crippen LogP contribution < -0.4 is 10.6 Å². The van der Waals surface area contributed by atoms with E-state index in [0.717, 1.165) is 24.0 Å². The van der Waals surface area contributed by atoms with Crippen LogP contribution in [0.4, 0.5) is 4.39 Å². The first-order valence-electron chi connectivity index (χ1n) is 6.97. The van der Waals surface area contributed by atoms with Gasteiger partial charge in [-0.05, 0) is 36.5 Å². The maximum absolute atomic E-state index is 12.8. The molecule has 0 aromatic heterocycles. The zero-order valence-electron chi connectivity index (χ0n) is 11.9. The molecule has 1 aromatic carbocycles. The number of benzene rings is 1. The van der Waals surface area contributed by atoms with Crippen molar-refractivity contribution in [3.63, 3.8) is 0 Å². The van der Waals surface area contributed by atoms with Crippen molar-refractivity contribution in [1.29, 1.82) is 0 Å². The van der Waals surface area contributed by atoms with E-state index >= 15 is 0 Å². The number of guanidine groups is 1. The molecule has 0 spiro atoms. The van der Waals surface area contributed by atoms with E-state index in [4.69, 9.17) is 0 Å². The van der Waals surface area contributed by atoms with E-state index in [1.165, 1.54) is 37.8 Å². The van der Waals surface area contributed by atoms with Gasteiger partial charge < -0.3 is 10.6 Å². The Bertz CT molecular complexity index is 416. The van der Waals surface area contributed by atoms with Crippen molar-refractivity contribution in [1.82, 2.24) is 10.6 Å². The second-order valence-corrected chi connectivity index (χ2v) is 5.06. The van der Waals surface area contributed by atoms with Crippen molar-refractivity contribution in [3.8, 4) is 0 Å². The first-order valence-corrected chi connectivity index (χ1v) is 6.97. The number of nitrogens with one attached hydrogen (secondary N) is 2. The van der Waals surface area contributed by atoms with Gasteiger partial charge in [-0.15, -0.1) is 24.0 Å². The van der Waals surface area contributed by atoms with Gasteiger partial charge in [0.15, 0.2) is 5.96 Å². The summed E-state index contributed by atoms with van der Waals surface area (Å²) < 4.78 is 12.8. The van der Waals surface area contributed by atoms with Gasteiger partial charge in [-0.25, -0.2) is 4.39 Å². The molecule has 0 radical (unpaired) electrons. The summed E-state index contributed by atoms with van der Waals surface area (Å²) in [6, 6.07) is 6.51. The summed E-state index contributed by atoms with van der Waals surface area (Å²) in [7, 11) is 1.76. The molecule has 0 aliphatic heterocycles. The molecule has 112 valence electrons. The van der Waals surface area contributed by atoms with Crippen molar-refractivity contribution in [2.45, 2.75) is 32.2 Å². The van der Waals surface area contributed by atoms with Gasteiger partial charge in [0.2, 0.25) is 0 Å². The van der Waals surface area contributed by atoms with E-state index in [1.54, 1.807) is 19.2 Å². The predicted molar refractivity (Wildman–Crippen MR) is 92.0 cm³/mol. The Labute approximate surface area is 137 Å². The van der Waals surface area contributed by atoms with Crippen molar-refractivity contribution in [2.75, 3.05) is 13.6 Å². The molecule has 1 saturated carbocycles. The highest BCUT2D eigenvalue weighted by atomic mass is 127. The summed E-state index contributed by atoms with van der Waals surface area (Å²) in [5.74, 6) is 1.59. The molecule has 0 saturated heterocycles. The predicted octanol–water partition coefficient (Wildman–Crippen LogP) is 3.30. The summed E-state index contributed by atoms with van der Waals surface area (Å²) >= 11 is 0. The number of hydrogen-bond acceptors (Lipinski definition) is 1. The van der Waals surface area contributed by atoms with E-state index < -0.39 is 0 Å². The van der Waals surface area contributed by atoms with Gasteiger partial charge in [-0.2, -0.15) is 0 Å². The van der Waals surface area contributed by atoms with Crippen molar-refractivity contribution < 1.29 is 4.39 Å². The lowest BCUT2D eigenvalue weighted by molar-refractivity contribution is 0.626. The van der Waals surface area contributed by atoms with Crippen LogP contribution in [-0.2, 0) is 6.54 Å². The van der Waals surface area contributed by atoms with Crippen LogP contribution in [0.1, 0.15) is 31.2 Å². The minimum Gasteiger partial charge on any atom is -0.356 e. The normalized spacial score (nSPS) is 14.6. The van der Waals surface area contributed by atoms with Gasteiger partial charge in [0, 0.05) is 20.1 Å². The third-order valence-electron chi connectivity index (χ3n) is 3.38. The van der Waals surface area contributed by atoms with E-state index in [1.807, 2.05) is 0 Å². The second kappa shape index (κ2) is 9.15. The van der Waals surface area contributed by atoms with Crippen LogP contribution in [0, 0.1) is 11.7 Å². The average molecular weight is 391 g/mol. The molecule has 2 rings (SSSR count).